The number of ether oxygens (including phenoxy) is 1. The van der Waals surface area contributed by atoms with Crippen molar-refractivity contribution < 1.29 is 14.6 Å². The number of nitrogens with one attached hydrogen (secondary N) is 1. The van der Waals surface area contributed by atoms with Crippen LogP contribution >= 0.6 is 0 Å². The van der Waals surface area contributed by atoms with Gasteiger partial charge in [0, 0.05) is 19.2 Å². The summed E-state index contributed by atoms with van der Waals surface area (Å²) in [5, 5.41) is 12.0. The molecule has 1 saturated heterocycles. The highest BCUT2D eigenvalue weighted by Crippen LogP contribution is 2.02. The van der Waals surface area contributed by atoms with Crippen molar-refractivity contribution >= 4 is 5.91 Å². The molecule has 1 fully saturated rings. The van der Waals surface area contributed by atoms with E-state index in [0.717, 1.165) is 13.0 Å². The molecule has 4 N–H and O–H groups in total. The molecule has 1 aliphatic heterocycles. The van der Waals surface area contributed by atoms with Crippen molar-refractivity contribution in [3.8, 4) is 0 Å². The molecule has 1 rings (SSSR count). The fraction of sp³-hybridized carbons (Fsp3) is 0.857. The minimum absolute atomic E-state index is 0.212. The van der Waals surface area contributed by atoms with E-state index in [-0.39, 0.29) is 12.6 Å². The second-order valence-corrected chi connectivity index (χ2v) is 2.89. The van der Waals surface area contributed by atoms with E-state index in [1.165, 1.54) is 0 Å². The number of hydrogen-bond donors (Lipinski definition) is 3. The van der Waals surface area contributed by atoms with Gasteiger partial charge in [0.05, 0.1) is 6.61 Å². The van der Waals surface area contributed by atoms with Crippen LogP contribution in [0.1, 0.15) is 6.42 Å². The summed E-state index contributed by atoms with van der Waals surface area (Å²) in [4.78, 5) is 10.4. The monoisotopic (exact) mass is 174 g/mol. The first kappa shape index (κ1) is 9.44. The van der Waals surface area contributed by atoms with Crippen LogP contribution < -0.4 is 11.1 Å². The third-order valence-electron chi connectivity index (χ3n) is 1.86. The summed E-state index contributed by atoms with van der Waals surface area (Å²) in [5.41, 5.74) is 4.86. The van der Waals surface area contributed by atoms with Gasteiger partial charge in [-0.1, -0.05) is 0 Å². The van der Waals surface area contributed by atoms with Crippen LogP contribution in [0.5, 0.6) is 0 Å². The summed E-state index contributed by atoms with van der Waals surface area (Å²) in [6, 6.07) is 0.249. The lowest BCUT2D eigenvalue weighted by Crippen LogP contribution is -2.41. The maximum Gasteiger partial charge on any atom is 0.247 e. The van der Waals surface area contributed by atoms with Crippen LogP contribution in [0.25, 0.3) is 0 Å². The van der Waals surface area contributed by atoms with E-state index in [0.29, 0.717) is 6.61 Å². The molecule has 0 aliphatic carbocycles. The summed E-state index contributed by atoms with van der Waals surface area (Å²) < 4.78 is 5.09. The Morgan fingerprint density at radius 2 is 2.58 bits per heavy atom. The molecule has 2 atom stereocenters. The lowest BCUT2D eigenvalue weighted by Gasteiger charge is -2.12. The molecular weight excluding hydrogens is 160 g/mol. The van der Waals surface area contributed by atoms with E-state index < -0.39 is 12.0 Å². The number of rotatable bonds is 4. The maximum atomic E-state index is 10.4. The molecule has 0 aromatic carbocycles. The predicted molar refractivity (Wildman–Crippen MR) is 42.4 cm³/mol. The summed E-state index contributed by atoms with van der Waals surface area (Å²) in [6.07, 6.45) is -0.170. The smallest absolute Gasteiger partial charge is 0.247 e. The van der Waals surface area contributed by atoms with Gasteiger partial charge in [-0.05, 0) is 6.42 Å². The van der Waals surface area contributed by atoms with Gasteiger partial charge in [-0.15, -0.1) is 0 Å². The number of aliphatic hydroxyl groups excluding tert-OH is 1. The molecule has 1 aliphatic rings. The van der Waals surface area contributed by atoms with E-state index in [1.54, 1.807) is 0 Å². The van der Waals surface area contributed by atoms with Crippen molar-refractivity contribution in [2.24, 2.45) is 5.73 Å². The van der Waals surface area contributed by atoms with Gasteiger partial charge in [-0.3, -0.25) is 4.79 Å². The first-order valence-corrected chi connectivity index (χ1v) is 3.98. The molecule has 2 unspecified atom stereocenters. The molecule has 0 aromatic heterocycles. The Balaban J connectivity index is 2.11. The first-order valence-electron chi connectivity index (χ1n) is 3.98. The minimum Gasteiger partial charge on any atom is -0.382 e. The van der Waals surface area contributed by atoms with Crippen molar-refractivity contribution in [3.63, 3.8) is 0 Å². The Hall–Kier alpha value is -0.650. The van der Waals surface area contributed by atoms with E-state index >= 15 is 0 Å². The number of carbonyl (C=O) groups excluding carboxylic acids is 1. The van der Waals surface area contributed by atoms with Crippen LogP contribution in [-0.4, -0.2) is 42.9 Å². The standard InChI is InChI=1S/C7H14N2O3/c8-7(11)6(10)3-9-5-1-2-12-4-5/h5-6,9-10H,1-4H2,(H2,8,11). The summed E-state index contributed by atoms with van der Waals surface area (Å²) >= 11 is 0. The fourth-order valence-electron chi connectivity index (χ4n) is 1.07. The molecule has 0 radical (unpaired) electrons. The molecule has 1 heterocycles. The van der Waals surface area contributed by atoms with E-state index in [1.807, 2.05) is 0 Å². The van der Waals surface area contributed by atoms with Crippen LogP contribution in [0.15, 0.2) is 0 Å². The van der Waals surface area contributed by atoms with Crippen LogP contribution in [0, 0.1) is 0 Å². The molecule has 0 saturated carbocycles. The van der Waals surface area contributed by atoms with Crippen molar-refractivity contribution in [3.05, 3.63) is 0 Å². The highest BCUT2D eigenvalue weighted by molar-refractivity contribution is 5.78. The number of hydrogen-bond acceptors (Lipinski definition) is 4. The third kappa shape index (κ3) is 2.77. The van der Waals surface area contributed by atoms with Gasteiger partial charge in [0.15, 0.2) is 0 Å². The van der Waals surface area contributed by atoms with E-state index in [4.69, 9.17) is 15.6 Å². The number of carbonyl (C=O) groups is 1. The Labute approximate surface area is 70.9 Å². The van der Waals surface area contributed by atoms with E-state index in [9.17, 15) is 4.79 Å². The van der Waals surface area contributed by atoms with Crippen molar-refractivity contribution in [1.29, 1.82) is 0 Å². The van der Waals surface area contributed by atoms with Crippen LogP contribution in [0.2, 0.25) is 0 Å². The normalized spacial score (nSPS) is 25.6. The van der Waals surface area contributed by atoms with Crippen LogP contribution in [-0.2, 0) is 9.53 Å². The molecule has 0 spiro atoms. The fourth-order valence-corrected chi connectivity index (χ4v) is 1.07. The Kier molecular flexibility index (Phi) is 3.46. The second-order valence-electron chi connectivity index (χ2n) is 2.89. The van der Waals surface area contributed by atoms with Gasteiger partial charge >= 0.3 is 0 Å². The molecule has 12 heavy (non-hydrogen) atoms. The van der Waals surface area contributed by atoms with Gasteiger partial charge in [-0.25, -0.2) is 0 Å². The molecule has 0 bridgehead atoms. The zero-order chi connectivity index (χ0) is 8.97. The van der Waals surface area contributed by atoms with Gasteiger partial charge in [-0.2, -0.15) is 0 Å². The lowest BCUT2D eigenvalue weighted by atomic mass is 10.2. The quantitative estimate of drug-likeness (QED) is 0.470. The zero-order valence-corrected chi connectivity index (χ0v) is 6.82. The largest absolute Gasteiger partial charge is 0.382 e. The van der Waals surface area contributed by atoms with Gasteiger partial charge in [0.1, 0.15) is 6.10 Å². The molecule has 0 aromatic rings. The minimum atomic E-state index is -1.09. The SMILES string of the molecule is NC(=O)C(O)CNC1CCOC1. The van der Waals surface area contributed by atoms with Crippen molar-refractivity contribution in [2.45, 2.75) is 18.6 Å². The zero-order valence-electron chi connectivity index (χ0n) is 6.82. The summed E-state index contributed by atoms with van der Waals surface area (Å²) in [5.74, 6) is -0.693. The van der Waals surface area contributed by atoms with Crippen molar-refractivity contribution in [1.82, 2.24) is 5.32 Å². The number of aliphatic hydroxyl groups is 1. The maximum absolute atomic E-state index is 10.4. The summed E-state index contributed by atoms with van der Waals surface area (Å²) in [6.45, 7) is 1.60. The number of nitrogens with two attached hydrogens (primary N) is 1. The third-order valence-corrected chi connectivity index (χ3v) is 1.86. The Bertz CT molecular complexity index is 157. The number of amides is 1. The van der Waals surface area contributed by atoms with Gasteiger partial charge < -0.3 is 20.9 Å². The highest BCUT2D eigenvalue weighted by atomic mass is 16.5. The molecule has 5 heteroatoms. The molecule has 5 nitrogen and oxygen atoms in total. The topological polar surface area (TPSA) is 84.6 Å². The molecular formula is C7H14N2O3. The lowest BCUT2D eigenvalue weighted by molar-refractivity contribution is -0.125. The van der Waals surface area contributed by atoms with E-state index in [2.05, 4.69) is 5.32 Å². The second kappa shape index (κ2) is 4.39. The van der Waals surface area contributed by atoms with Crippen LogP contribution in [0.4, 0.5) is 0 Å². The highest BCUT2D eigenvalue weighted by Gasteiger charge is 2.17. The average Bonchev–Trinajstić information content (AvgIpc) is 2.51. The van der Waals surface area contributed by atoms with Crippen molar-refractivity contribution in [2.75, 3.05) is 19.8 Å². The number of primary amides is 1. The van der Waals surface area contributed by atoms with Gasteiger partial charge in [0.25, 0.3) is 0 Å². The molecule has 70 valence electrons. The Morgan fingerprint density at radius 1 is 1.83 bits per heavy atom. The molecule has 1 amide bonds. The van der Waals surface area contributed by atoms with Gasteiger partial charge in [0.2, 0.25) is 5.91 Å². The first-order chi connectivity index (χ1) is 5.70. The van der Waals surface area contributed by atoms with Crippen LogP contribution in [0.3, 0.4) is 0 Å². The summed E-state index contributed by atoms with van der Waals surface area (Å²) in [7, 11) is 0. The average molecular weight is 174 g/mol. The predicted octanol–water partition coefficient (Wildman–Crippen LogP) is -1.79. The Morgan fingerprint density at radius 3 is 3.08 bits per heavy atom.